The smallest absolute Gasteiger partial charge is 0.257 e. The first kappa shape index (κ1) is 40.7. The van der Waals surface area contributed by atoms with Crippen molar-refractivity contribution in [3.8, 4) is 17.2 Å². The summed E-state index contributed by atoms with van der Waals surface area (Å²) in [6, 6.07) is 17.8. The van der Waals surface area contributed by atoms with E-state index in [0.717, 1.165) is 74.0 Å². The van der Waals surface area contributed by atoms with Crippen molar-refractivity contribution < 1.29 is 43.3 Å². The molecule has 2 aliphatic heterocycles. The largest absolute Gasteiger partial charge is 0.493 e. The molecule has 1 saturated heterocycles. The van der Waals surface area contributed by atoms with Crippen molar-refractivity contribution in [3.63, 3.8) is 0 Å². The van der Waals surface area contributed by atoms with Crippen LogP contribution < -0.4 is 30.2 Å². The zero-order chi connectivity index (χ0) is 39.2. The monoisotopic (exact) mass is 756 g/mol. The lowest BCUT2D eigenvalue weighted by molar-refractivity contribution is -0.139. The average molecular weight is 757 g/mol. The number of ether oxygens (including phenoxy) is 3. The van der Waals surface area contributed by atoms with Crippen molar-refractivity contribution in [1.82, 2.24) is 20.9 Å². The Bertz CT molecular complexity index is 1830. The Morgan fingerprint density at radius 1 is 0.800 bits per heavy atom. The molecule has 2 atom stereocenters. The number of methoxy groups -OCH3 is 2. The van der Waals surface area contributed by atoms with Crippen LogP contribution in [0.3, 0.4) is 0 Å². The second-order valence-corrected chi connectivity index (χ2v) is 13.9. The predicted octanol–water partition coefficient (Wildman–Crippen LogP) is 4.33. The number of imide groups is 1. The number of nitrogens with zero attached hydrogens (tertiary/aromatic N) is 1. The maximum absolute atomic E-state index is 13.1. The van der Waals surface area contributed by atoms with Gasteiger partial charge in [-0.2, -0.15) is 0 Å². The van der Waals surface area contributed by atoms with Crippen molar-refractivity contribution in [3.05, 3.63) is 88.5 Å². The van der Waals surface area contributed by atoms with Gasteiger partial charge in [0.25, 0.3) is 11.8 Å². The number of amides is 5. The number of carbonyl (C=O) groups is 5. The van der Waals surface area contributed by atoms with E-state index in [1.54, 1.807) is 32.4 Å². The summed E-state index contributed by atoms with van der Waals surface area (Å²) in [5.41, 5.74) is 3.44. The average Bonchev–Trinajstić information content (AvgIpc) is 3.44. The third-order valence-electron chi connectivity index (χ3n) is 9.98. The minimum absolute atomic E-state index is 0.0114. The van der Waals surface area contributed by atoms with Crippen molar-refractivity contribution in [2.24, 2.45) is 0 Å². The second kappa shape index (κ2) is 20.3. The lowest BCUT2D eigenvalue weighted by Gasteiger charge is -2.32. The van der Waals surface area contributed by atoms with Gasteiger partial charge >= 0.3 is 0 Å². The van der Waals surface area contributed by atoms with Gasteiger partial charge in [-0.25, -0.2) is 0 Å². The fraction of sp³-hybridized carbons (Fsp3) is 0.452. The van der Waals surface area contributed by atoms with E-state index in [2.05, 4.69) is 22.0 Å². The summed E-state index contributed by atoms with van der Waals surface area (Å²) in [7, 11) is 3.26. The molecule has 2 aliphatic rings. The van der Waals surface area contributed by atoms with Crippen LogP contribution in [-0.4, -0.2) is 79.5 Å². The lowest BCUT2D eigenvalue weighted by Crippen LogP contribution is -2.53. The summed E-state index contributed by atoms with van der Waals surface area (Å²) in [4.78, 5) is 63.3. The predicted molar refractivity (Wildman–Crippen MR) is 205 cm³/mol. The Morgan fingerprint density at radius 3 is 2.18 bits per heavy atom. The second-order valence-electron chi connectivity index (χ2n) is 13.9. The number of unbranched alkanes of at least 4 members (excludes halogenated alkanes) is 5. The van der Waals surface area contributed by atoms with Crippen molar-refractivity contribution in [2.75, 3.05) is 33.9 Å². The van der Waals surface area contributed by atoms with Gasteiger partial charge in [-0.1, -0.05) is 56.0 Å². The van der Waals surface area contributed by atoms with Crippen molar-refractivity contribution in [1.29, 1.82) is 0 Å². The normalized spacial score (nSPS) is 16.3. The number of aryl methyl sites for hydroxylation is 2. The summed E-state index contributed by atoms with van der Waals surface area (Å²) in [5, 5.41) is 19.1. The van der Waals surface area contributed by atoms with Gasteiger partial charge in [0, 0.05) is 30.6 Å². The molecule has 4 N–H and O–H groups in total. The molecule has 2 unspecified atom stereocenters. The molecule has 13 heteroatoms. The quantitative estimate of drug-likeness (QED) is 0.0913. The number of benzene rings is 3. The molecule has 3 aromatic carbocycles. The van der Waals surface area contributed by atoms with Crippen LogP contribution >= 0.6 is 0 Å². The summed E-state index contributed by atoms with van der Waals surface area (Å²) < 4.78 is 16.5. The Balaban J connectivity index is 0.896. The van der Waals surface area contributed by atoms with Crippen LogP contribution in [-0.2, 0) is 38.4 Å². The van der Waals surface area contributed by atoms with Crippen LogP contribution in [0.5, 0.6) is 17.2 Å². The molecular formula is C42H52N4O9. The molecular weight excluding hydrogens is 704 g/mol. The van der Waals surface area contributed by atoms with E-state index in [4.69, 9.17) is 14.2 Å². The maximum atomic E-state index is 13.1. The van der Waals surface area contributed by atoms with Crippen LogP contribution in [0.25, 0.3) is 0 Å². The van der Waals surface area contributed by atoms with Crippen LogP contribution in [0.4, 0.5) is 0 Å². The van der Waals surface area contributed by atoms with Crippen molar-refractivity contribution >= 4 is 29.5 Å². The number of hydrogen-bond acceptors (Lipinski definition) is 9. The molecule has 0 radical (unpaired) electrons. The minimum Gasteiger partial charge on any atom is -0.493 e. The molecule has 294 valence electrons. The highest BCUT2D eigenvalue weighted by Crippen LogP contribution is 2.37. The standard InChI is InChI=1S/C42H52N4O9/c1-53-34-20-18-29(25-35(34)54-2)13-9-12-28-14-10-16-31(24-28)55-27-38(49)44-23-8-6-4-3-5-7-22-43-37(48)26-30-15-11-17-32-39(30)42(52)46(41(32)51)33-19-21-36(47)45-40(33)50/h10-11,14-18,20,24-25,33,42,52H,3-9,12-13,19,21-23,26-27H2,1-2H3,(H,43,48)(H,44,49)(H,45,47,50). The minimum atomic E-state index is -1.38. The van der Waals surface area contributed by atoms with Crippen LogP contribution in [0.15, 0.2) is 60.7 Å². The number of aliphatic hydroxyl groups is 1. The Kier molecular flexibility index (Phi) is 15.0. The molecule has 13 nitrogen and oxygen atoms in total. The van der Waals surface area contributed by atoms with E-state index in [-0.39, 0.29) is 43.2 Å². The summed E-state index contributed by atoms with van der Waals surface area (Å²) >= 11 is 0. The molecule has 2 heterocycles. The Hall–Kier alpha value is -5.43. The van der Waals surface area contributed by atoms with E-state index < -0.39 is 30.0 Å². The number of piperidine rings is 1. The number of fused-ring (bicyclic) bond motifs is 1. The van der Waals surface area contributed by atoms with Gasteiger partial charge in [0.05, 0.1) is 20.6 Å². The zero-order valence-corrected chi connectivity index (χ0v) is 31.7. The Labute approximate surface area is 322 Å². The number of nitrogens with one attached hydrogen (secondary N) is 3. The van der Waals surface area contributed by atoms with E-state index in [1.807, 2.05) is 36.4 Å². The van der Waals surface area contributed by atoms with E-state index in [0.29, 0.717) is 35.7 Å². The highest BCUT2D eigenvalue weighted by atomic mass is 16.5. The van der Waals surface area contributed by atoms with Gasteiger partial charge in [0.2, 0.25) is 17.7 Å². The first-order valence-corrected chi connectivity index (χ1v) is 19.1. The van der Waals surface area contributed by atoms with Gasteiger partial charge < -0.3 is 30.0 Å². The van der Waals surface area contributed by atoms with Gasteiger partial charge in [0.15, 0.2) is 24.3 Å². The molecule has 1 fully saturated rings. The van der Waals surface area contributed by atoms with Crippen LogP contribution in [0.2, 0.25) is 0 Å². The summed E-state index contributed by atoms with van der Waals surface area (Å²) in [6.45, 7) is 1.06. The van der Waals surface area contributed by atoms with Crippen molar-refractivity contribution in [2.45, 2.75) is 89.3 Å². The maximum Gasteiger partial charge on any atom is 0.257 e. The summed E-state index contributed by atoms with van der Waals surface area (Å²) in [5.74, 6) is 0.228. The molecule has 0 bridgehead atoms. The van der Waals surface area contributed by atoms with Crippen LogP contribution in [0.1, 0.15) is 96.6 Å². The number of rotatable bonds is 21. The highest BCUT2D eigenvalue weighted by Gasteiger charge is 2.45. The van der Waals surface area contributed by atoms with E-state index in [9.17, 15) is 29.1 Å². The third kappa shape index (κ3) is 11.3. The molecule has 5 rings (SSSR count). The number of carbonyl (C=O) groups excluding carboxylic acids is 5. The first-order valence-electron chi connectivity index (χ1n) is 19.1. The molecule has 0 aromatic heterocycles. The highest BCUT2D eigenvalue weighted by molar-refractivity contribution is 6.06. The van der Waals surface area contributed by atoms with Crippen LogP contribution in [0, 0.1) is 0 Å². The van der Waals surface area contributed by atoms with Gasteiger partial charge in [-0.05, 0) is 85.5 Å². The van der Waals surface area contributed by atoms with Gasteiger partial charge in [0.1, 0.15) is 11.8 Å². The molecule has 5 amide bonds. The summed E-state index contributed by atoms with van der Waals surface area (Å²) in [6.07, 6.45) is 7.21. The fourth-order valence-electron chi connectivity index (χ4n) is 7.08. The van der Waals surface area contributed by atoms with Gasteiger partial charge in [-0.15, -0.1) is 0 Å². The topological polar surface area (TPSA) is 173 Å². The van der Waals surface area contributed by atoms with E-state index in [1.165, 1.54) is 5.56 Å². The third-order valence-corrected chi connectivity index (χ3v) is 9.98. The molecule has 0 saturated carbocycles. The molecule has 3 aromatic rings. The van der Waals surface area contributed by atoms with Gasteiger partial charge in [-0.3, -0.25) is 34.2 Å². The molecule has 55 heavy (non-hydrogen) atoms. The SMILES string of the molecule is COc1ccc(CCCc2cccc(OCC(=O)NCCCCCCCCNC(=O)Cc3cccc4c3C(O)N(C3CCC(=O)NC3=O)C4=O)c2)cc1OC. The zero-order valence-electron chi connectivity index (χ0n) is 31.7. The van der Waals surface area contributed by atoms with E-state index >= 15 is 0 Å². The number of hydrogen-bond donors (Lipinski definition) is 4. The molecule has 0 spiro atoms. The first-order chi connectivity index (χ1) is 26.7. The number of aliphatic hydroxyl groups excluding tert-OH is 1. The fourth-order valence-corrected chi connectivity index (χ4v) is 7.08. The Morgan fingerprint density at radius 2 is 1.47 bits per heavy atom. The molecule has 0 aliphatic carbocycles. The lowest BCUT2D eigenvalue weighted by atomic mass is 9.99.